The van der Waals surface area contributed by atoms with Gasteiger partial charge < -0.3 is 4.98 Å². The molecule has 0 saturated carbocycles. The van der Waals surface area contributed by atoms with E-state index in [0.717, 1.165) is 16.8 Å². The number of H-pyrrole nitrogens is 1. The maximum Gasteiger partial charge on any atom is 0.135 e. The molecule has 1 N–H and O–H groups in total. The lowest BCUT2D eigenvalue weighted by molar-refractivity contribution is 0.308. The quantitative estimate of drug-likeness (QED) is 0.632. The van der Waals surface area contributed by atoms with Gasteiger partial charge in [-0.25, -0.2) is 4.63 Å². The highest BCUT2D eigenvalue weighted by Crippen LogP contribution is 2.21. The third-order valence-electron chi connectivity index (χ3n) is 2.21. The molecular weight excluding hydrogens is 178 g/mol. The van der Waals surface area contributed by atoms with E-state index in [9.17, 15) is 0 Å². The number of rotatable bonds is 1. The molecule has 4 nitrogen and oxygen atoms in total. The molecule has 2 heterocycles. The van der Waals surface area contributed by atoms with Crippen LogP contribution < -0.4 is 0 Å². The largest absolute Gasteiger partial charge is 0.361 e. The van der Waals surface area contributed by atoms with E-state index in [1.165, 1.54) is 5.39 Å². The smallest absolute Gasteiger partial charge is 0.135 e. The molecule has 2 aromatic heterocycles. The molecule has 0 amide bonds. The van der Waals surface area contributed by atoms with E-state index in [-0.39, 0.29) is 0 Å². The summed E-state index contributed by atoms with van der Waals surface area (Å²) in [6.45, 7) is 0. The molecular formula is C10H7N3O. The Morgan fingerprint density at radius 2 is 2.21 bits per heavy atom. The number of aromatic amines is 1. The number of aromatic nitrogens is 3. The zero-order chi connectivity index (χ0) is 9.38. The zero-order valence-electron chi connectivity index (χ0n) is 7.27. The minimum absolute atomic E-state index is 0.751. The molecule has 3 aromatic rings. The number of nitrogens with one attached hydrogen (secondary N) is 1. The minimum Gasteiger partial charge on any atom is -0.361 e. The molecule has 0 unspecified atom stereocenters. The number of nitrogens with zero attached hydrogens (tertiary/aromatic N) is 2. The Morgan fingerprint density at radius 1 is 1.21 bits per heavy atom. The molecule has 14 heavy (non-hydrogen) atoms. The van der Waals surface area contributed by atoms with E-state index < -0.39 is 0 Å². The highest BCUT2D eigenvalue weighted by atomic mass is 16.6. The average molecular weight is 185 g/mol. The molecule has 0 radical (unpaired) electrons. The Kier molecular flexibility index (Phi) is 1.41. The Morgan fingerprint density at radius 3 is 3.07 bits per heavy atom. The predicted octanol–water partition coefficient (Wildman–Crippen LogP) is 2.22. The van der Waals surface area contributed by atoms with Crippen LogP contribution in [-0.2, 0) is 0 Å². The van der Waals surface area contributed by atoms with Gasteiger partial charge in [0.15, 0.2) is 0 Å². The van der Waals surface area contributed by atoms with Crippen LogP contribution in [0.1, 0.15) is 0 Å². The van der Waals surface area contributed by atoms with Gasteiger partial charge in [0.1, 0.15) is 5.69 Å². The van der Waals surface area contributed by atoms with E-state index in [0.29, 0.717) is 0 Å². The van der Waals surface area contributed by atoms with Crippen molar-refractivity contribution in [2.45, 2.75) is 0 Å². The summed E-state index contributed by atoms with van der Waals surface area (Å²) in [7, 11) is 0. The fourth-order valence-electron chi connectivity index (χ4n) is 1.50. The third-order valence-corrected chi connectivity index (χ3v) is 2.21. The van der Waals surface area contributed by atoms with Gasteiger partial charge in [0.25, 0.3) is 0 Å². The van der Waals surface area contributed by atoms with E-state index in [1.54, 1.807) is 6.20 Å². The molecule has 0 bridgehead atoms. The summed E-state index contributed by atoms with van der Waals surface area (Å²) in [5, 5.41) is 8.53. The molecule has 0 aliphatic carbocycles. The van der Waals surface area contributed by atoms with Crippen LogP contribution in [0.25, 0.3) is 22.2 Å². The lowest BCUT2D eigenvalue weighted by atomic mass is 10.1. The summed E-state index contributed by atoms with van der Waals surface area (Å²) in [6, 6.07) is 8.08. The van der Waals surface area contributed by atoms with E-state index >= 15 is 0 Å². The predicted molar refractivity (Wildman–Crippen MR) is 51.6 cm³/mol. The molecule has 1 aromatic carbocycles. The van der Waals surface area contributed by atoms with E-state index in [2.05, 4.69) is 19.9 Å². The molecule has 0 saturated heterocycles. The van der Waals surface area contributed by atoms with Crippen molar-refractivity contribution in [2.75, 3.05) is 0 Å². The first kappa shape index (κ1) is 7.32. The molecule has 0 atom stereocenters. The van der Waals surface area contributed by atoms with Crippen LogP contribution in [-0.4, -0.2) is 15.3 Å². The zero-order valence-corrected chi connectivity index (χ0v) is 7.27. The maximum absolute atomic E-state index is 4.55. The lowest BCUT2D eigenvalue weighted by Crippen LogP contribution is -1.76. The first-order valence-electron chi connectivity index (χ1n) is 4.28. The van der Waals surface area contributed by atoms with Crippen LogP contribution in [0.4, 0.5) is 0 Å². The standard InChI is InChI=1S/C10H7N3O/c1-2-8(10-6-12-14-13-10)5-9-7(1)3-4-11-9/h1-6,11H. The molecule has 0 aliphatic rings. The van der Waals surface area contributed by atoms with Gasteiger partial charge in [-0.15, -0.1) is 0 Å². The van der Waals surface area contributed by atoms with Crippen molar-refractivity contribution >= 4 is 10.9 Å². The number of fused-ring (bicyclic) bond motifs is 1. The SMILES string of the molecule is c1cc2ccc(-c3cnon3)cc2[nH]1. The highest BCUT2D eigenvalue weighted by Gasteiger charge is 2.03. The van der Waals surface area contributed by atoms with Crippen LogP contribution >= 0.6 is 0 Å². The van der Waals surface area contributed by atoms with Gasteiger partial charge in [-0.05, 0) is 22.7 Å². The molecule has 3 rings (SSSR count). The Bertz CT molecular complexity index is 554. The fraction of sp³-hybridized carbons (Fsp3) is 0. The van der Waals surface area contributed by atoms with Crippen LogP contribution in [0, 0.1) is 0 Å². The van der Waals surface area contributed by atoms with E-state index in [1.807, 2.05) is 30.5 Å². The van der Waals surface area contributed by atoms with Gasteiger partial charge in [0.2, 0.25) is 0 Å². The Labute approximate surface area is 79.5 Å². The number of benzene rings is 1. The van der Waals surface area contributed by atoms with Crippen LogP contribution in [0.15, 0.2) is 41.3 Å². The van der Waals surface area contributed by atoms with Crippen molar-refractivity contribution < 1.29 is 4.63 Å². The van der Waals surface area contributed by atoms with Crippen molar-refractivity contribution in [2.24, 2.45) is 0 Å². The molecule has 68 valence electrons. The van der Waals surface area contributed by atoms with Gasteiger partial charge in [-0.3, -0.25) is 0 Å². The molecule has 0 aliphatic heterocycles. The van der Waals surface area contributed by atoms with Gasteiger partial charge in [-0.2, -0.15) is 0 Å². The average Bonchev–Trinajstić information content (AvgIpc) is 2.88. The lowest BCUT2D eigenvalue weighted by Gasteiger charge is -1.94. The Hall–Kier alpha value is -2.10. The summed E-state index contributed by atoms with van der Waals surface area (Å²) in [4.78, 5) is 3.14. The van der Waals surface area contributed by atoms with Crippen molar-refractivity contribution in [1.29, 1.82) is 0 Å². The van der Waals surface area contributed by atoms with E-state index in [4.69, 9.17) is 0 Å². The van der Waals surface area contributed by atoms with Crippen molar-refractivity contribution in [3.63, 3.8) is 0 Å². The fourth-order valence-corrected chi connectivity index (χ4v) is 1.50. The molecule has 0 spiro atoms. The molecule has 0 fully saturated rings. The topological polar surface area (TPSA) is 54.7 Å². The van der Waals surface area contributed by atoms with Crippen LogP contribution in [0.5, 0.6) is 0 Å². The van der Waals surface area contributed by atoms with Crippen molar-refractivity contribution in [3.05, 3.63) is 36.7 Å². The van der Waals surface area contributed by atoms with Gasteiger partial charge in [0, 0.05) is 17.3 Å². The first-order valence-corrected chi connectivity index (χ1v) is 4.28. The second-order valence-electron chi connectivity index (χ2n) is 3.07. The monoisotopic (exact) mass is 185 g/mol. The van der Waals surface area contributed by atoms with Gasteiger partial charge >= 0.3 is 0 Å². The van der Waals surface area contributed by atoms with Crippen LogP contribution in [0.2, 0.25) is 0 Å². The van der Waals surface area contributed by atoms with Gasteiger partial charge in [0.05, 0.1) is 6.20 Å². The number of hydrogen-bond donors (Lipinski definition) is 1. The summed E-state index contributed by atoms with van der Waals surface area (Å²) in [5.41, 5.74) is 2.84. The van der Waals surface area contributed by atoms with Crippen LogP contribution in [0.3, 0.4) is 0 Å². The summed E-state index contributed by atoms with van der Waals surface area (Å²) >= 11 is 0. The van der Waals surface area contributed by atoms with Crippen molar-refractivity contribution in [1.82, 2.24) is 15.3 Å². The maximum atomic E-state index is 4.55. The Balaban J connectivity index is 2.23. The summed E-state index contributed by atoms with van der Waals surface area (Å²) in [5.74, 6) is 0. The summed E-state index contributed by atoms with van der Waals surface area (Å²) < 4.78 is 4.55. The summed E-state index contributed by atoms with van der Waals surface area (Å²) in [6.07, 6.45) is 3.51. The third kappa shape index (κ3) is 1.01. The van der Waals surface area contributed by atoms with Gasteiger partial charge in [-0.1, -0.05) is 17.3 Å². The molecule has 4 heteroatoms. The second kappa shape index (κ2) is 2.70. The first-order chi connectivity index (χ1) is 6.93. The normalized spacial score (nSPS) is 10.9. The van der Waals surface area contributed by atoms with Crippen molar-refractivity contribution in [3.8, 4) is 11.3 Å². The second-order valence-corrected chi connectivity index (χ2v) is 3.07. The minimum atomic E-state index is 0.751. The highest BCUT2D eigenvalue weighted by molar-refractivity contribution is 5.83. The number of hydrogen-bond acceptors (Lipinski definition) is 3.